The standard InChI is InChI=1S/C25H27N5O7/c1-30(2)15-8-14(27-9-12-3-4-28-29-12)20(32)18-13(15)6-10-5-11-7-16(31)19(24(26)36)23(35)25(11,37)22(34)17(10)21(18)33/h3-4,8,10-11,27,32-33,35,37H,5-7,9H2,1-2H3,(H2,26,36)(H,28,29)/t10-,11+,25+/m1/s1. The summed E-state index contributed by atoms with van der Waals surface area (Å²) < 4.78 is 0. The zero-order valence-electron chi connectivity index (χ0n) is 20.2. The van der Waals surface area contributed by atoms with E-state index in [-0.39, 0.29) is 36.1 Å². The molecule has 2 aromatic rings. The maximum atomic E-state index is 13.7. The van der Waals surface area contributed by atoms with Gasteiger partial charge in [0, 0.05) is 43.9 Å². The van der Waals surface area contributed by atoms with E-state index in [9.17, 15) is 34.8 Å². The molecule has 1 saturated carbocycles. The molecule has 12 nitrogen and oxygen atoms in total. The molecule has 1 fully saturated rings. The van der Waals surface area contributed by atoms with Crippen LogP contribution in [0.2, 0.25) is 0 Å². The number of aromatic nitrogens is 2. The summed E-state index contributed by atoms with van der Waals surface area (Å²) >= 11 is 0. The quantitative estimate of drug-likeness (QED) is 0.223. The average Bonchev–Trinajstić information content (AvgIpc) is 3.34. The predicted molar refractivity (Wildman–Crippen MR) is 132 cm³/mol. The number of nitrogens with one attached hydrogen (secondary N) is 2. The fourth-order valence-electron chi connectivity index (χ4n) is 5.78. The summed E-state index contributed by atoms with van der Waals surface area (Å²) in [6.45, 7) is 0.294. The minimum atomic E-state index is -2.59. The summed E-state index contributed by atoms with van der Waals surface area (Å²) in [4.78, 5) is 39.8. The molecular weight excluding hydrogens is 482 g/mol. The second-order valence-corrected chi connectivity index (χ2v) is 9.88. The Labute approximate surface area is 211 Å². The van der Waals surface area contributed by atoms with Gasteiger partial charge in [0.05, 0.1) is 23.5 Å². The Hall–Kier alpha value is -4.32. The highest BCUT2D eigenvalue weighted by Gasteiger charge is 2.60. The first-order valence-electron chi connectivity index (χ1n) is 11.7. The number of fused-ring (bicyclic) bond motifs is 3. The summed E-state index contributed by atoms with van der Waals surface area (Å²) in [7, 11) is 3.61. The van der Waals surface area contributed by atoms with Gasteiger partial charge in [0.1, 0.15) is 22.8 Å². The molecular formula is C25H27N5O7. The zero-order valence-corrected chi connectivity index (χ0v) is 20.2. The van der Waals surface area contributed by atoms with Gasteiger partial charge in [-0.1, -0.05) is 0 Å². The number of amides is 1. The van der Waals surface area contributed by atoms with E-state index in [0.717, 1.165) is 5.69 Å². The van der Waals surface area contributed by atoms with Crippen LogP contribution in [0.4, 0.5) is 11.4 Å². The maximum absolute atomic E-state index is 13.7. The van der Waals surface area contributed by atoms with E-state index < -0.39 is 52.0 Å². The molecule has 0 saturated heterocycles. The van der Waals surface area contributed by atoms with Crippen molar-refractivity contribution < 1.29 is 34.8 Å². The van der Waals surface area contributed by atoms with Crippen LogP contribution in [0.3, 0.4) is 0 Å². The number of Topliss-reactive ketones (excluding diaryl/α,β-unsaturated/α-hetero) is 2. The van der Waals surface area contributed by atoms with Crippen molar-refractivity contribution >= 4 is 34.6 Å². The van der Waals surface area contributed by atoms with Crippen LogP contribution in [-0.4, -0.2) is 67.8 Å². The van der Waals surface area contributed by atoms with Gasteiger partial charge in [0.25, 0.3) is 5.91 Å². The number of hydrogen-bond donors (Lipinski definition) is 7. The van der Waals surface area contributed by atoms with Crippen LogP contribution in [-0.2, 0) is 27.3 Å². The van der Waals surface area contributed by atoms with Gasteiger partial charge in [0.15, 0.2) is 11.4 Å². The van der Waals surface area contributed by atoms with Gasteiger partial charge >= 0.3 is 0 Å². The normalized spacial score (nSPS) is 24.9. The van der Waals surface area contributed by atoms with E-state index in [0.29, 0.717) is 23.5 Å². The van der Waals surface area contributed by atoms with E-state index >= 15 is 0 Å². The van der Waals surface area contributed by atoms with Crippen LogP contribution in [0.5, 0.6) is 5.75 Å². The number of nitrogens with zero attached hydrogens (tertiary/aromatic N) is 2. The lowest BCUT2D eigenvalue weighted by Gasteiger charge is -2.46. The number of primary amides is 1. The van der Waals surface area contributed by atoms with Crippen molar-refractivity contribution in [2.75, 3.05) is 24.3 Å². The summed E-state index contributed by atoms with van der Waals surface area (Å²) in [5.74, 6) is -6.54. The van der Waals surface area contributed by atoms with Crippen molar-refractivity contribution in [2.24, 2.45) is 17.6 Å². The summed E-state index contributed by atoms with van der Waals surface area (Å²) in [5, 5.41) is 54.4. The van der Waals surface area contributed by atoms with Crippen molar-refractivity contribution in [3.8, 4) is 5.75 Å². The highest BCUT2D eigenvalue weighted by Crippen LogP contribution is 2.54. The molecule has 0 bridgehead atoms. The van der Waals surface area contributed by atoms with Crippen LogP contribution in [0.15, 0.2) is 35.2 Å². The Morgan fingerprint density at radius 2 is 2.00 bits per heavy atom. The number of carbonyl (C=O) groups is 3. The molecule has 1 aromatic carbocycles. The maximum Gasteiger partial charge on any atom is 0.255 e. The number of anilines is 2. The molecule has 8 N–H and O–H groups in total. The second kappa shape index (κ2) is 8.37. The molecule has 0 radical (unpaired) electrons. The number of aromatic amines is 1. The molecule has 0 unspecified atom stereocenters. The van der Waals surface area contributed by atoms with Crippen LogP contribution < -0.4 is 16.0 Å². The van der Waals surface area contributed by atoms with Crippen LogP contribution >= 0.6 is 0 Å². The van der Waals surface area contributed by atoms with Crippen LogP contribution in [0, 0.1) is 11.8 Å². The smallest absolute Gasteiger partial charge is 0.255 e. The Morgan fingerprint density at radius 1 is 1.27 bits per heavy atom. The molecule has 0 aliphatic heterocycles. The number of nitrogens with two attached hydrogens (primary N) is 1. The highest BCUT2D eigenvalue weighted by molar-refractivity contribution is 6.22. The average molecular weight is 510 g/mol. The van der Waals surface area contributed by atoms with E-state index in [2.05, 4.69) is 15.5 Å². The lowest BCUT2D eigenvalue weighted by Crippen LogP contribution is -2.58. The number of aromatic hydroxyl groups is 1. The first-order chi connectivity index (χ1) is 17.5. The minimum absolute atomic E-state index is 0.0328. The largest absolute Gasteiger partial charge is 0.508 e. The van der Waals surface area contributed by atoms with Crippen molar-refractivity contribution in [1.29, 1.82) is 0 Å². The first-order valence-corrected chi connectivity index (χ1v) is 11.7. The minimum Gasteiger partial charge on any atom is -0.508 e. The van der Waals surface area contributed by atoms with Crippen molar-refractivity contribution in [3.63, 3.8) is 0 Å². The topological polar surface area (TPSA) is 202 Å². The number of phenols is 1. The van der Waals surface area contributed by atoms with Gasteiger partial charge in [-0.05, 0) is 36.5 Å². The number of rotatable bonds is 5. The third-order valence-corrected chi connectivity index (χ3v) is 7.55. The number of carbonyl (C=O) groups excluding carboxylic acids is 3. The molecule has 3 atom stereocenters. The van der Waals surface area contributed by atoms with Crippen LogP contribution in [0.25, 0.3) is 5.76 Å². The second-order valence-electron chi connectivity index (χ2n) is 9.88. The summed E-state index contributed by atoms with van der Waals surface area (Å²) in [6.07, 6.45) is 1.54. The number of ketones is 2. The molecule has 194 valence electrons. The Bertz CT molecular complexity index is 1410. The molecule has 0 spiro atoms. The Morgan fingerprint density at radius 3 is 2.62 bits per heavy atom. The van der Waals surface area contributed by atoms with E-state index in [1.807, 2.05) is 4.90 Å². The van der Waals surface area contributed by atoms with Gasteiger partial charge in [-0.3, -0.25) is 19.5 Å². The third kappa shape index (κ3) is 3.47. The Balaban J connectivity index is 1.66. The number of aliphatic hydroxyl groups excluding tert-OH is 2. The highest BCUT2D eigenvalue weighted by atomic mass is 16.3. The molecule has 1 heterocycles. The van der Waals surface area contributed by atoms with Crippen molar-refractivity contribution in [1.82, 2.24) is 10.2 Å². The van der Waals surface area contributed by atoms with Gasteiger partial charge in [0.2, 0.25) is 5.78 Å². The van der Waals surface area contributed by atoms with E-state index in [1.165, 1.54) is 0 Å². The molecule has 5 rings (SSSR count). The lowest BCUT2D eigenvalue weighted by atomic mass is 9.59. The Kier molecular flexibility index (Phi) is 5.52. The van der Waals surface area contributed by atoms with E-state index in [4.69, 9.17) is 5.73 Å². The van der Waals surface area contributed by atoms with E-state index in [1.54, 1.807) is 32.4 Å². The fraction of sp³-hybridized carbons (Fsp3) is 0.360. The number of H-pyrrole nitrogens is 1. The molecule has 3 aliphatic rings. The monoisotopic (exact) mass is 509 g/mol. The molecule has 3 aliphatic carbocycles. The summed E-state index contributed by atoms with van der Waals surface area (Å²) in [6, 6.07) is 3.49. The third-order valence-electron chi connectivity index (χ3n) is 7.55. The number of benzene rings is 1. The predicted octanol–water partition coefficient (Wildman–Crippen LogP) is 0.825. The first kappa shape index (κ1) is 24.4. The molecule has 37 heavy (non-hydrogen) atoms. The molecule has 1 amide bonds. The van der Waals surface area contributed by atoms with Crippen molar-refractivity contribution in [2.45, 2.75) is 31.4 Å². The molecule has 12 heteroatoms. The lowest BCUT2D eigenvalue weighted by molar-refractivity contribution is -0.147. The van der Waals surface area contributed by atoms with Crippen LogP contribution in [0.1, 0.15) is 29.7 Å². The number of phenolic OH excluding ortho intramolecular Hbond substituents is 1. The number of hydrogen-bond acceptors (Lipinski definition) is 10. The van der Waals surface area contributed by atoms with Gasteiger partial charge in [-0.2, -0.15) is 5.10 Å². The zero-order chi connectivity index (χ0) is 26.8. The van der Waals surface area contributed by atoms with Gasteiger partial charge in [-0.15, -0.1) is 0 Å². The van der Waals surface area contributed by atoms with Crippen molar-refractivity contribution in [3.05, 3.63) is 52.1 Å². The molecule has 1 aromatic heterocycles. The summed E-state index contributed by atoms with van der Waals surface area (Å²) in [5.41, 5.74) is 4.01. The SMILES string of the molecule is CN(C)c1cc(NCc2ccn[nH]2)c(O)c2c1C[C@H]1C[C@H]3CC(=O)C(C(N)=O)=C(O)[C@@]3(O)C(=O)C1=C2O. The van der Waals surface area contributed by atoms with Gasteiger partial charge in [-0.25, -0.2) is 0 Å². The fourth-order valence-corrected chi connectivity index (χ4v) is 5.78. The van der Waals surface area contributed by atoms with Gasteiger partial charge < -0.3 is 36.4 Å². The number of aliphatic hydroxyl groups is 3.